The van der Waals surface area contributed by atoms with E-state index in [4.69, 9.17) is 0 Å². The SMILES string of the molecule is CC(C)(C1(O)C=CC=CC1)C1(O)C=CC=CC1. The first-order valence-corrected chi connectivity index (χ1v) is 6.05. The summed E-state index contributed by atoms with van der Waals surface area (Å²) in [6.07, 6.45) is 16.1. The molecule has 0 fully saturated rings. The number of allylic oxidation sites excluding steroid dienone is 4. The van der Waals surface area contributed by atoms with Crippen molar-refractivity contribution >= 4 is 0 Å². The Balaban J connectivity index is 2.35. The van der Waals surface area contributed by atoms with Gasteiger partial charge in [-0.3, -0.25) is 0 Å². The van der Waals surface area contributed by atoms with Crippen LogP contribution in [0.4, 0.5) is 0 Å². The summed E-state index contributed by atoms with van der Waals surface area (Å²) in [5, 5.41) is 21.5. The van der Waals surface area contributed by atoms with E-state index < -0.39 is 16.6 Å². The van der Waals surface area contributed by atoms with Crippen LogP contribution in [0.1, 0.15) is 26.7 Å². The third kappa shape index (κ3) is 1.81. The molecule has 2 N–H and O–H groups in total. The van der Waals surface area contributed by atoms with Crippen LogP contribution < -0.4 is 0 Å². The van der Waals surface area contributed by atoms with Crippen molar-refractivity contribution in [2.45, 2.75) is 37.9 Å². The molecule has 2 rings (SSSR count). The van der Waals surface area contributed by atoms with E-state index in [0.717, 1.165) is 0 Å². The highest BCUT2D eigenvalue weighted by Crippen LogP contribution is 2.48. The first-order valence-electron chi connectivity index (χ1n) is 6.05. The summed E-state index contributed by atoms with van der Waals surface area (Å²) in [5.41, 5.74) is -2.67. The van der Waals surface area contributed by atoms with Gasteiger partial charge in [0.1, 0.15) is 0 Å². The van der Waals surface area contributed by atoms with Gasteiger partial charge in [0.25, 0.3) is 0 Å². The summed E-state index contributed by atoms with van der Waals surface area (Å²) in [6.45, 7) is 3.83. The molecule has 0 radical (unpaired) electrons. The molecule has 0 aromatic heterocycles. The molecule has 0 aromatic carbocycles. The van der Waals surface area contributed by atoms with E-state index in [9.17, 15) is 10.2 Å². The fourth-order valence-corrected chi connectivity index (χ4v) is 2.52. The molecular formula is C15H20O2. The molecule has 2 nitrogen and oxygen atoms in total. The predicted molar refractivity (Wildman–Crippen MR) is 69.5 cm³/mol. The molecule has 2 aliphatic rings. The van der Waals surface area contributed by atoms with Gasteiger partial charge < -0.3 is 10.2 Å². The number of hydrogen-bond acceptors (Lipinski definition) is 2. The molecule has 0 heterocycles. The second kappa shape index (κ2) is 3.97. The van der Waals surface area contributed by atoms with Gasteiger partial charge in [-0.1, -0.05) is 62.5 Å². The largest absolute Gasteiger partial charge is 0.385 e. The van der Waals surface area contributed by atoms with Crippen molar-refractivity contribution in [3.05, 3.63) is 48.6 Å². The Morgan fingerprint density at radius 3 is 1.53 bits per heavy atom. The van der Waals surface area contributed by atoms with E-state index in [1.807, 2.05) is 50.3 Å². The van der Waals surface area contributed by atoms with Crippen molar-refractivity contribution in [3.8, 4) is 0 Å². The molecule has 0 aromatic rings. The van der Waals surface area contributed by atoms with Crippen LogP contribution in [0, 0.1) is 5.41 Å². The molecule has 0 saturated heterocycles. The standard InChI is InChI=1S/C15H20O2/c1-13(2,14(16)9-5-3-6-10-14)15(17)11-7-4-8-12-15/h3-9,11,16-17H,10,12H2,1-2H3. The van der Waals surface area contributed by atoms with Crippen molar-refractivity contribution in [1.29, 1.82) is 0 Å². The maximum atomic E-state index is 10.8. The molecule has 2 aliphatic carbocycles. The highest BCUT2D eigenvalue weighted by molar-refractivity contribution is 5.30. The summed E-state index contributed by atoms with van der Waals surface area (Å²) in [6, 6.07) is 0. The molecule has 0 amide bonds. The second-order valence-corrected chi connectivity index (χ2v) is 5.46. The maximum Gasteiger partial charge on any atom is 0.0946 e. The van der Waals surface area contributed by atoms with Crippen molar-refractivity contribution < 1.29 is 10.2 Å². The van der Waals surface area contributed by atoms with Gasteiger partial charge in [0.2, 0.25) is 0 Å². The minimum Gasteiger partial charge on any atom is -0.385 e. The van der Waals surface area contributed by atoms with Gasteiger partial charge in [-0.25, -0.2) is 0 Å². The minimum absolute atomic E-state index is 0.538. The van der Waals surface area contributed by atoms with E-state index >= 15 is 0 Å². The number of hydrogen-bond donors (Lipinski definition) is 2. The van der Waals surface area contributed by atoms with Gasteiger partial charge >= 0.3 is 0 Å². The molecule has 0 aliphatic heterocycles. The fourth-order valence-electron chi connectivity index (χ4n) is 2.52. The highest BCUT2D eigenvalue weighted by atomic mass is 16.3. The van der Waals surface area contributed by atoms with Crippen LogP contribution in [0.2, 0.25) is 0 Å². The van der Waals surface area contributed by atoms with Crippen LogP contribution in [0.5, 0.6) is 0 Å². The van der Waals surface area contributed by atoms with E-state index in [1.165, 1.54) is 0 Å². The second-order valence-electron chi connectivity index (χ2n) is 5.46. The first-order chi connectivity index (χ1) is 7.91. The lowest BCUT2D eigenvalue weighted by molar-refractivity contribution is -0.132. The maximum absolute atomic E-state index is 10.8. The molecular weight excluding hydrogens is 212 g/mol. The molecule has 2 atom stereocenters. The van der Waals surface area contributed by atoms with Crippen LogP contribution in [-0.4, -0.2) is 21.4 Å². The number of rotatable bonds is 2. The van der Waals surface area contributed by atoms with Gasteiger partial charge in [-0.2, -0.15) is 0 Å². The smallest absolute Gasteiger partial charge is 0.0946 e. The third-order valence-electron chi connectivity index (χ3n) is 4.26. The zero-order chi connectivity index (χ0) is 12.6. The Morgan fingerprint density at radius 2 is 1.24 bits per heavy atom. The van der Waals surface area contributed by atoms with E-state index in [2.05, 4.69) is 0 Å². The van der Waals surface area contributed by atoms with Crippen molar-refractivity contribution in [2.75, 3.05) is 0 Å². The van der Waals surface area contributed by atoms with Crippen LogP contribution in [0.15, 0.2) is 48.6 Å². The van der Waals surface area contributed by atoms with Gasteiger partial charge in [-0.05, 0) is 12.8 Å². The topological polar surface area (TPSA) is 40.5 Å². The summed E-state index contributed by atoms with van der Waals surface area (Å²) in [4.78, 5) is 0. The molecule has 17 heavy (non-hydrogen) atoms. The van der Waals surface area contributed by atoms with E-state index in [1.54, 1.807) is 12.2 Å². The highest BCUT2D eigenvalue weighted by Gasteiger charge is 2.53. The lowest BCUT2D eigenvalue weighted by atomic mass is 9.60. The van der Waals surface area contributed by atoms with Gasteiger partial charge in [-0.15, -0.1) is 0 Å². The Kier molecular flexibility index (Phi) is 2.88. The lowest BCUT2D eigenvalue weighted by Gasteiger charge is -2.50. The first kappa shape index (κ1) is 12.3. The van der Waals surface area contributed by atoms with Crippen molar-refractivity contribution in [3.63, 3.8) is 0 Å². The molecule has 0 spiro atoms. The minimum atomic E-state index is -1.01. The van der Waals surface area contributed by atoms with Gasteiger partial charge in [0.15, 0.2) is 0 Å². The van der Waals surface area contributed by atoms with Gasteiger partial charge in [0, 0.05) is 5.41 Å². The zero-order valence-electron chi connectivity index (χ0n) is 10.4. The van der Waals surface area contributed by atoms with Gasteiger partial charge in [0.05, 0.1) is 11.2 Å². The van der Waals surface area contributed by atoms with Crippen molar-refractivity contribution in [1.82, 2.24) is 0 Å². The average molecular weight is 232 g/mol. The quantitative estimate of drug-likeness (QED) is 0.768. The monoisotopic (exact) mass is 232 g/mol. The Bertz CT molecular complexity index is 377. The van der Waals surface area contributed by atoms with Crippen LogP contribution >= 0.6 is 0 Å². The Morgan fingerprint density at radius 1 is 0.824 bits per heavy atom. The Hall–Kier alpha value is -1.12. The van der Waals surface area contributed by atoms with Crippen LogP contribution in [-0.2, 0) is 0 Å². The summed E-state index contributed by atoms with van der Waals surface area (Å²) >= 11 is 0. The number of aliphatic hydroxyl groups is 2. The summed E-state index contributed by atoms with van der Waals surface area (Å²) in [5.74, 6) is 0. The summed E-state index contributed by atoms with van der Waals surface area (Å²) in [7, 11) is 0. The Labute approximate surface area is 103 Å². The van der Waals surface area contributed by atoms with Crippen molar-refractivity contribution in [2.24, 2.45) is 5.41 Å². The molecule has 92 valence electrons. The molecule has 0 bridgehead atoms. The third-order valence-corrected chi connectivity index (χ3v) is 4.26. The van der Waals surface area contributed by atoms with Crippen LogP contribution in [0.3, 0.4) is 0 Å². The molecule has 2 unspecified atom stereocenters. The summed E-state index contributed by atoms with van der Waals surface area (Å²) < 4.78 is 0. The normalized spacial score (nSPS) is 36.5. The molecule has 0 saturated carbocycles. The van der Waals surface area contributed by atoms with Crippen LogP contribution in [0.25, 0.3) is 0 Å². The predicted octanol–water partition coefficient (Wildman–Crippen LogP) is 2.51. The molecule has 2 heteroatoms. The van der Waals surface area contributed by atoms with E-state index in [0.29, 0.717) is 12.8 Å². The lowest BCUT2D eigenvalue weighted by Crippen LogP contribution is -2.57. The zero-order valence-corrected chi connectivity index (χ0v) is 10.4. The van der Waals surface area contributed by atoms with E-state index in [-0.39, 0.29) is 0 Å². The average Bonchev–Trinajstić information content (AvgIpc) is 2.30. The fraction of sp³-hybridized carbons (Fsp3) is 0.467.